The Morgan fingerprint density at radius 3 is 2.40 bits per heavy atom. The van der Waals surface area contributed by atoms with Crippen LogP contribution < -0.4 is 10.6 Å². The third-order valence-corrected chi connectivity index (χ3v) is 3.21. The molecule has 0 bridgehead atoms. The van der Waals surface area contributed by atoms with Gasteiger partial charge in [0.25, 0.3) is 0 Å². The van der Waals surface area contributed by atoms with Crippen LogP contribution in [0.5, 0.6) is 0 Å². The third kappa shape index (κ3) is 3.15. The normalized spacial score (nSPS) is 10.3. The maximum atomic E-state index is 7.66. The molecule has 0 unspecified atom stereocenters. The van der Waals surface area contributed by atoms with Gasteiger partial charge in [0.1, 0.15) is 11.7 Å². The molecular formula is C16H20N4. The van der Waals surface area contributed by atoms with Crippen LogP contribution >= 0.6 is 0 Å². The summed E-state index contributed by atoms with van der Waals surface area (Å²) in [6.07, 6.45) is 0. The molecule has 0 saturated carbocycles. The third-order valence-electron chi connectivity index (χ3n) is 3.21. The van der Waals surface area contributed by atoms with E-state index in [2.05, 4.69) is 36.2 Å². The first-order chi connectivity index (χ1) is 9.47. The van der Waals surface area contributed by atoms with Gasteiger partial charge < -0.3 is 10.6 Å². The van der Waals surface area contributed by atoms with Gasteiger partial charge in [-0.25, -0.2) is 4.98 Å². The minimum absolute atomic E-state index is 0.0447. The van der Waals surface area contributed by atoms with E-state index in [1.54, 1.807) is 0 Å². The number of aryl methyl sites for hydroxylation is 2. The molecule has 2 rings (SSSR count). The summed E-state index contributed by atoms with van der Waals surface area (Å²) in [6.45, 7) is 4.74. The average molecular weight is 268 g/mol. The lowest BCUT2D eigenvalue weighted by atomic mass is 10.1. The molecule has 3 N–H and O–H groups in total. The molecule has 0 aliphatic rings. The highest BCUT2D eigenvalue weighted by atomic mass is 15.2. The highest BCUT2D eigenvalue weighted by molar-refractivity contribution is 5.99. The minimum atomic E-state index is 0.0447. The summed E-state index contributed by atoms with van der Waals surface area (Å²) in [7, 11) is 1.97. The van der Waals surface area contributed by atoms with Gasteiger partial charge in [0.15, 0.2) is 0 Å². The lowest BCUT2D eigenvalue weighted by Gasteiger charge is -2.21. The molecule has 0 atom stereocenters. The Bertz CT molecular complexity index is 617. The van der Waals surface area contributed by atoms with Crippen molar-refractivity contribution in [2.75, 3.05) is 11.9 Å². The van der Waals surface area contributed by atoms with Crippen molar-refractivity contribution >= 4 is 11.7 Å². The largest absolute Gasteiger partial charge is 0.384 e. The number of benzene rings is 1. The molecule has 0 saturated heterocycles. The molecule has 20 heavy (non-hydrogen) atoms. The van der Waals surface area contributed by atoms with E-state index in [4.69, 9.17) is 11.1 Å². The lowest BCUT2D eigenvalue weighted by Crippen LogP contribution is -2.23. The van der Waals surface area contributed by atoms with Gasteiger partial charge in [-0.1, -0.05) is 29.8 Å². The maximum Gasteiger partial charge on any atom is 0.139 e. The van der Waals surface area contributed by atoms with E-state index >= 15 is 0 Å². The number of aromatic nitrogens is 1. The van der Waals surface area contributed by atoms with Crippen molar-refractivity contribution in [3.05, 3.63) is 58.8 Å². The summed E-state index contributed by atoms with van der Waals surface area (Å²) >= 11 is 0. The van der Waals surface area contributed by atoms with E-state index in [1.807, 2.05) is 31.0 Å². The summed E-state index contributed by atoms with van der Waals surface area (Å²) in [6, 6.07) is 12.1. The first kappa shape index (κ1) is 14.1. The zero-order valence-corrected chi connectivity index (χ0v) is 12.1. The molecule has 0 aliphatic carbocycles. The molecule has 0 radical (unpaired) electrons. The molecule has 2 aromatic rings. The van der Waals surface area contributed by atoms with Crippen molar-refractivity contribution in [1.82, 2.24) is 4.98 Å². The van der Waals surface area contributed by atoms with Crippen LogP contribution in [0.25, 0.3) is 0 Å². The lowest BCUT2D eigenvalue weighted by molar-refractivity contribution is 0.889. The Morgan fingerprint density at radius 1 is 1.15 bits per heavy atom. The highest BCUT2D eigenvalue weighted by Crippen LogP contribution is 2.19. The monoisotopic (exact) mass is 268 g/mol. The Morgan fingerprint density at radius 2 is 1.80 bits per heavy atom. The Labute approximate surface area is 119 Å². The number of hydrogen-bond donors (Lipinski definition) is 2. The first-order valence-electron chi connectivity index (χ1n) is 6.56. The predicted octanol–water partition coefficient (Wildman–Crippen LogP) is 2.62. The fourth-order valence-corrected chi connectivity index (χ4v) is 2.09. The summed E-state index contributed by atoms with van der Waals surface area (Å²) in [5.41, 5.74) is 9.67. The number of anilines is 1. The van der Waals surface area contributed by atoms with Crippen molar-refractivity contribution < 1.29 is 0 Å². The first-order valence-corrected chi connectivity index (χ1v) is 6.56. The second kappa shape index (κ2) is 5.74. The Balaban J connectivity index is 2.28. The van der Waals surface area contributed by atoms with Crippen LogP contribution in [0, 0.1) is 19.3 Å². The number of nitrogens with two attached hydrogens (primary N) is 1. The van der Waals surface area contributed by atoms with Crippen LogP contribution in [0.2, 0.25) is 0 Å². The van der Waals surface area contributed by atoms with E-state index in [0.29, 0.717) is 5.56 Å². The predicted molar refractivity (Wildman–Crippen MR) is 83.3 cm³/mol. The number of nitrogens with one attached hydrogen (secondary N) is 1. The van der Waals surface area contributed by atoms with Crippen molar-refractivity contribution in [3.63, 3.8) is 0 Å². The molecule has 104 valence electrons. The van der Waals surface area contributed by atoms with Gasteiger partial charge in [0.05, 0.1) is 5.56 Å². The smallest absolute Gasteiger partial charge is 0.139 e. The number of hydrogen-bond acceptors (Lipinski definition) is 3. The molecule has 1 aromatic heterocycles. The molecule has 1 aromatic carbocycles. The van der Waals surface area contributed by atoms with E-state index in [0.717, 1.165) is 18.1 Å². The van der Waals surface area contributed by atoms with Gasteiger partial charge >= 0.3 is 0 Å². The fourth-order valence-electron chi connectivity index (χ4n) is 2.09. The van der Waals surface area contributed by atoms with Crippen LogP contribution in [0.15, 0.2) is 36.4 Å². The van der Waals surface area contributed by atoms with Gasteiger partial charge in [-0.2, -0.15) is 0 Å². The SMILES string of the molecule is Cc1ccc(CN(C)c2nc(C)ccc2C(=N)N)cc1. The van der Waals surface area contributed by atoms with Crippen LogP contribution in [-0.4, -0.2) is 17.9 Å². The number of nitrogen functional groups attached to an aromatic ring is 1. The van der Waals surface area contributed by atoms with E-state index in [1.165, 1.54) is 11.1 Å². The molecule has 1 heterocycles. The number of nitrogens with zero attached hydrogens (tertiary/aromatic N) is 2. The van der Waals surface area contributed by atoms with Crippen LogP contribution in [0.3, 0.4) is 0 Å². The van der Waals surface area contributed by atoms with Gasteiger partial charge in [-0.05, 0) is 31.5 Å². The number of pyridine rings is 1. The summed E-state index contributed by atoms with van der Waals surface area (Å²) in [5.74, 6) is 0.793. The van der Waals surface area contributed by atoms with Gasteiger partial charge in [-0.3, -0.25) is 5.41 Å². The van der Waals surface area contributed by atoms with Gasteiger partial charge in [0.2, 0.25) is 0 Å². The number of amidine groups is 1. The van der Waals surface area contributed by atoms with Gasteiger partial charge in [-0.15, -0.1) is 0 Å². The second-order valence-corrected chi connectivity index (χ2v) is 5.08. The molecule has 0 aliphatic heterocycles. The molecule has 4 nitrogen and oxygen atoms in total. The summed E-state index contributed by atoms with van der Waals surface area (Å²) in [5, 5.41) is 7.66. The quantitative estimate of drug-likeness (QED) is 0.661. The second-order valence-electron chi connectivity index (χ2n) is 5.08. The fraction of sp³-hybridized carbons (Fsp3) is 0.250. The van der Waals surface area contributed by atoms with Crippen LogP contribution in [0.4, 0.5) is 5.82 Å². The zero-order chi connectivity index (χ0) is 14.7. The zero-order valence-electron chi connectivity index (χ0n) is 12.1. The van der Waals surface area contributed by atoms with Gasteiger partial charge in [0, 0.05) is 19.3 Å². The van der Waals surface area contributed by atoms with E-state index in [9.17, 15) is 0 Å². The molecule has 0 spiro atoms. The number of rotatable bonds is 4. The highest BCUT2D eigenvalue weighted by Gasteiger charge is 2.12. The van der Waals surface area contributed by atoms with Crippen molar-refractivity contribution in [2.24, 2.45) is 5.73 Å². The summed E-state index contributed by atoms with van der Waals surface area (Å²) < 4.78 is 0. The standard InChI is InChI=1S/C16H20N4/c1-11-4-7-13(8-5-11)10-20(3)16-14(15(17)18)9-6-12(2)19-16/h4-9H,10H2,1-3H3,(H3,17,18). The van der Waals surface area contributed by atoms with E-state index < -0.39 is 0 Å². The molecular weight excluding hydrogens is 248 g/mol. The topological polar surface area (TPSA) is 66.0 Å². The van der Waals surface area contributed by atoms with E-state index in [-0.39, 0.29) is 5.84 Å². The summed E-state index contributed by atoms with van der Waals surface area (Å²) in [4.78, 5) is 6.54. The van der Waals surface area contributed by atoms with Crippen molar-refractivity contribution in [2.45, 2.75) is 20.4 Å². The van der Waals surface area contributed by atoms with Crippen molar-refractivity contribution in [1.29, 1.82) is 5.41 Å². The average Bonchev–Trinajstić information content (AvgIpc) is 2.41. The Kier molecular flexibility index (Phi) is 4.03. The van der Waals surface area contributed by atoms with Crippen molar-refractivity contribution in [3.8, 4) is 0 Å². The van der Waals surface area contributed by atoms with Crippen LogP contribution in [0.1, 0.15) is 22.4 Å². The Hall–Kier alpha value is -2.36. The minimum Gasteiger partial charge on any atom is -0.384 e. The molecule has 4 heteroatoms. The maximum absolute atomic E-state index is 7.66. The van der Waals surface area contributed by atoms with Crippen LogP contribution in [-0.2, 0) is 6.54 Å². The molecule has 0 amide bonds. The molecule has 0 fully saturated rings.